The maximum atomic E-state index is 4.65. The van der Waals surface area contributed by atoms with E-state index in [0.29, 0.717) is 0 Å². The maximum Gasteiger partial charge on any atom is 0.160 e. The quantitative estimate of drug-likeness (QED) is 0.819. The molecule has 0 spiro atoms. The number of aryl methyl sites for hydroxylation is 2. The van der Waals surface area contributed by atoms with Crippen LogP contribution in [0.3, 0.4) is 0 Å². The number of nitrogens with one attached hydrogen (secondary N) is 1. The molecule has 0 fully saturated rings. The molecule has 4 heteroatoms. The van der Waals surface area contributed by atoms with Crippen molar-refractivity contribution in [3.63, 3.8) is 0 Å². The summed E-state index contributed by atoms with van der Waals surface area (Å²) in [5, 5.41) is 7.58. The molecule has 3 rings (SSSR count). The summed E-state index contributed by atoms with van der Waals surface area (Å²) in [5.74, 6) is 0.874. The highest BCUT2D eigenvalue weighted by molar-refractivity contribution is 7.08. The van der Waals surface area contributed by atoms with E-state index in [1.165, 1.54) is 16.7 Å². The zero-order valence-electron chi connectivity index (χ0n) is 9.37. The van der Waals surface area contributed by atoms with Gasteiger partial charge in [-0.25, -0.2) is 9.97 Å². The summed E-state index contributed by atoms with van der Waals surface area (Å²) in [6.07, 6.45) is 0. The monoisotopic (exact) mass is 231 g/mol. The average molecular weight is 231 g/mol. The summed E-state index contributed by atoms with van der Waals surface area (Å²) in [4.78, 5) is 9.25. The highest BCUT2D eigenvalue weighted by Crippen LogP contribution is 2.26. The SMILES string of the molecule is Cc1cscc1-c1nc(C)c2c(n1)CNC2. The minimum absolute atomic E-state index is 0.870. The Morgan fingerprint density at radius 3 is 2.81 bits per heavy atom. The molecule has 3 nitrogen and oxygen atoms in total. The Hall–Kier alpha value is -1.26. The molecule has 0 unspecified atom stereocenters. The summed E-state index contributed by atoms with van der Waals surface area (Å²) in [6, 6.07) is 0. The van der Waals surface area contributed by atoms with E-state index in [-0.39, 0.29) is 0 Å². The van der Waals surface area contributed by atoms with E-state index in [1.54, 1.807) is 11.3 Å². The third-order valence-electron chi connectivity index (χ3n) is 2.99. The Balaban J connectivity index is 2.17. The van der Waals surface area contributed by atoms with Gasteiger partial charge in [0.2, 0.25) is 0 Å². The topological polar surface area (TPSA) is 37.8 Å². The van der Waals surface area contributed by atoms with Crippen LogP contribution in [0, 0.1) is 13.8 Å². The zero-order chi connectivity index (χ0) is 11.1. The van der Waals surface area contributed by atoms with Crippen LogP contribution in [0.5, 0.6) is 0 Å². The highest BCUT2D eigenvalue weighted by Gasteiger charge is 2.17. The summed E-state index contributed by atoms with van der Waals surface area (Å²) in [6.45, 7) is 5.95. The van der Waals surface area contributed by atoms with E-state index in [2.05, 4.69) is 39.9 Å². The van der Waals surface area contributed by atoms with E-state index < -0.39 is 0 Å². The number of hydrogen-bond donors (Lipinski definition) is 1. The molecule has 16 heavy (non-hydrogen) atoms. The molecule has 1 N–H and O–H groups in total. The molecule has 0 saturated carbocycles. The van der Waals surface area contributed by atoms with Gasteiger partial charge in [0.1, 0.15) is 0 Å². The number of thiophene rings is 1. The standard InChI is InChI=1S/C12H13N3S/c1-7-5-16-6-10(7)12-14-8(2)9-3-13-4-11(9)15-12/h5-6,13H,3-4H2,1-2H3. The van der Waals surface area contributed by atoms with Crippen molar-refractivity contribution in [3.05, 3.63) is 33.3 Å². The normalized spacial score (nSPS) is 14.1. The van der Waals surface area contributed by atoms with Crippen molar-refractivity contribution in [2.45, 2.75) is 26.9 Å². The van der Waals surface area contributed by atoms with Crippen LogP contribution >= 0.6 is 11.3 Å². The largest absolute Gasteiger partial charge is 0.307 e. The van der Waals surface area contributed by atoms with Gasteiger partial charge in [-0.1, -0.05) is 0 Å². The first-order valence-corrected chi connectivity index (χ1v) is 6.30. The zero-order valence-corrected chi connectivity index (χ0v) is 10.2. The van der Waals surface area contributed by atoms with E-state index in [1.807, 2.05) is 0 Å². The summed E-state index contributed by atoms with van der Waals surface area (Å²) in [5.41, 5.74) is 5.97. The lowest BCUT2D eigenvalue weighted by Crippen LogP contribution is -2.00. The van der Waals surface area contributed by atoms with Crippen LogP contribution in [-0.2, 0) is 13.1 Å². The molecule has 0 aliphatic carbocycles. The first-order valence-electron chi connectivity index (χ1n) is 5.36. The third kappa shape index (κ3) is 1.45. The maximum absolute atomic E-state index is 4.65. The van der Waals surface area contributed by atoms with Crippen molar-refractivity contribution in [2.75, 3.05) is 0 Å². The highest BCUT2D eigenvalue weighted by atomic mass is 32.1. The number of aromatic nitrogens is 2. The van der Waals surface area contributed by atoms with Crippen LogP contribution < -0.4 is 5.32 Å². The second kappa shape index (κ2) is 3.64. The Bertz CT molecular complexity index is 545. The van der Waals surface area contributed by atoms with Crippen molar-refractivity contribution < 1.29 is 0 Å². The fraction of sp³-hybridized carbons (Fsp3) is 0.333. The van der Waals surface area contributed by atoms with Crippen LogP contribution in [0.2, 0.25) is 0 Å². The molecule has 0 saturated heterocycles. The van der Waals surface area contributed by atoms with E-state index in [9.17, 15) is 0 Å². The van der Waals surface area contributed by atoms with Crippen LogP contribution in [-0.4, -0.2) is 9.97 Å². The minimum atomic E-state index is 0.870. The van der Waals surface area contributed by atoms with Gasteiger partial charge in [-0.2, -0.15) is 11.3 Å². The minimum Gasteiger partial charge on any atom is -0.307 e. The third-order valence-corrected chi connectivity index (χ3v) is 3.85. The van der Waals surface area contributed by atoms with Crippen LogP contribution in [0.4, 0.5) is 0 Å². The number of fused-ring (bicyclic) bond motifs is 1. The van der Waals surface area contributed by atoms with Gasteiger partial charge < -0.3 is 5.32 Å². The summed E-state index contributed by atoms with van der Waals surface area (Å²) >= 11 is 1.70. The number of hydrogen-bond acceptors (Lipinski definition) is 4. The lowest BCUT2D eigenvalue weighted by atomic mass is 10.1. The number of rotatable bonds is 1. The van der Waals surface area contributed by atoms with E-state index >= 15 is 0 Å². The molecular formula is C12H13N3S. The van der Waals surface area contributed by atoms with Gasteiger partial charge in [0.25, 0.3) is 0 Å². The predicted molar refractivity (Wildman–Crippen MR) is 65.4 cm³/mol. The molecule has 0 radical (unpaired) electrons. The van der Waals surface area contributed by atoms with Crippen LogP contribution in [0.15, 0.2) is 10.8 Å². The molecule has 2 aromatic heterocycles. The molecule has 0 amide bonds. The Morgan fingerprint density at radius 1 is 1.19 bits per heavy atom. The second-order valence-corrected chi connectivity index (χ2v) is 4.87. The van der Waals surface area contributed by atoms with Gasteiger partial charge in [-0.15, -0.1) is 0 Å². The van der Waals surface area contributed by atoms with Gasteiger partial charge in [0.15, 0.2) is 5.82 Å². The summed E-state index contributed by atoms with van der Waals surface area (Å²) in [7, 11) is 0. The van der Waals surface area contributed by atoms with Crippen molar-refractivity contribution >= 4 is 11.3 Å². The van der Waals surface area contributed by atoms with Gasteiger partial charge in [0, 0.05) is 35.3 Å². The Kier molecular flexibility index (Phi) is 2.26. The molecule has 0 aromatic carbocycles. The van der Waals surface area contributed by atoms with E-state index in [4.69, 9.17) is 0 Å². The first-order chi connectivity index (χ1) is 7.75. The lowest BCUT2D eigenvalue weighted by Gasteiger charge is -2.05. The molecule has 82 valence electrons. The van der Waals surface area contributed by atoms with Gasteiger partial charge in [-0.3, -0.25) is 0 Å². The van der Waals surface area contributed by atoms with Crippen LogP contribution in [0.25, 0.3) is 11.4 Å². The molecule has 3 heterocycles. The molecule has 0 atom stereocenters. The Morgan fingerprint density at radius 2 is 2.06 bits per heavy atom. The van der Waals surface area contributed by atoms with Crippen molar-refractivity contribution in [2.24, 2.45) is 0 Å². The predicted octanol–water partition coefficient (Wildman–Crippen LogP) is 2.43. The summed E-state index contributed by atoms with van der Waals surface area (Å²) < 4.78 is 0. The molecular weight excluding hydrogens is 218 g/mol. The van der Waals surface area contributed by atoms with Crippen molar-refractivity contribution in [1.29, 1.82) is 0 Å². The smallest absolute Gasteiger partial charge is 0.160 e. The second-order valence-electron chi connectivity index (χ2n) is 4.13. The fourth-order valence-electron chi connectivity index (χ4n) is 2.05. The number of nitrogens with zero attached hydrogens (tertiary/aromatic N) is 2. The fourth-order valence-corrected chi connectivity index (χ4v) is 2.87. The van der Waals surface area contributed by atoms with Crippen LogP contribution in [0.1, 0.15) is 22.5 Å². The first kappa shape index (κ1) is 9.93. The molecule has 2 aromatic rings. The molecule has 1 aliphatic heterocycles. The molecule has 0 bridgehead atoms. The molecule has 1 aliphatic rings. The van der Waals surface area contributed by atoms with Gasteiger partial charge >= 0.3 is 0 Å². The average Bonchev–Trinajstić information content (AvgIpc) is 2.85. The van der Waals surface area contributed by atoms with Crippen molar-refractivity contribution in [3.8, 4) is 11.4 Å². The lowest BCUT2D eigenvalue weighted by molar-refractivity contribution is 0.757. The van der Waals surface area contributed by atoms with Gasteiger partial charge in [-0.05, 0) is 24.8 Å². The van der Waals surface area contributed by atoms with Crippen molar-refractivity contribution in [1.82, 2.24) is 15.3 Å². The Labute approximate surface area is 98.6 Å². The van der Waals surface area contributed by atoms with E-state index in [0.717, 1.165) is 30.3 Å². The van der Waals surface area contributed by atoms with Gasteiger partial charge in [0.05, 0.1) is 5.69 Å².